The van der Waals surface area contributed by atoms with E-state index in [0.29, 0.717) is 11.6 Å². The Morgan fingerprint density at radius 3 is 2.85 bits per heavy atom. The molecule has 26 heavy (non-hydrogen) atoms. The zero-order chi connectivity index (χ0) is 18.5. The lowest BCUT2D eigenvalue weighted by molar-refractivity contribution is -0.129. The number of nitrogens with zero attached hydrogens (tertiary/aromatic N) is 3. The van der Waals surface area contributed by atoms with E-state index in [0.717, 1.165) is 16.5 Å². The highest BCUT2D eigenvalue weighted by molar-refractivity contribution is 5.98. The van der Waals surface area contributed by atoms with E-state index in [1.807, 2.05) is 30.3 Å². The molecule has 0 fully saturated rings. The van der Waals surface area contributed by atoms with Gasteiger partial charge in [0.05, 0.1) is 12.1 Å². The molecule has 3 aromatic rings. The van der Waals surface area contributed by atoms with E-state index in [4.69, 9.17) is 4.52 Å². The van der Waals surface area contributed by atoms with Gasteiger partial charge >= 0.3 is 0 Å². The van der Waals surface area contributed by atoms with Gasteiger partial charge in [-0.3, -0.25) is 14.6 Å². The Morgan fingerprint density at radius 2 is 2.08 bits per heavy atom. The predicted octanol–water partition coefficient (Wildman–Crippen LogP) is 2.64. The van der Waals surface area contributed by atoms with Crippen molar-refractivity contribution < 1.29 is 14.1 Å². The summed E-state index contributed by atoms with van der Waals surface area (Å²) in [6.45, 7) is 1.63. The van der Waals surface area contributed by atoms with Gasteiger partial charge in [0.2, 0.25) is 11.8 Å². The van der Waals surface area contributed by atoms with Crippen LogP contribution < -0.4 is 5.32 Å². The van der Waals surface area contributed by atoms with Crippen LogP contribution in [0.3, 0.4) is 0 Å². The smallest absolute Gasteiger partial charge is 0.246 e. The van der Waals surface area contributed by atoms with Crippen LogP contribution in [0.2, 0.25) is 0 Å². The molecule has 7 nitrogen and oxygen atoms in total. The van der Waals surface area contributed by atoms with Gasteiger partial charge in [-0.25, -0.2) is 0 Å². The van der Waals surface area contributed by atoms with Crippen LogP contribution in [0.1, 0.15) is 11.3 Å². The zero-order valence-corrected chi connectivity index (χ0v) is 14.5. The van der Waals surface area contributed by atoms with Gasteiger partial charge in [-0.2, -0.15) is 0 Å². The Labute approximate surface area is 150 Å². The van der Waals surface area contributed by atoms with Crippen LogP contribution in [0.15, 0.2) is 53.2 Å². The van der Waals surface area contributed by atoms with Gasteiger partial charge in [0, 0.05) is 36.3 Å². The summed E-state index contributed by atoms with van der Waals surface area (Å²) in [4.78, 5) is 29.9. The molecular formula is C19H18N4O3. The molecule has 0 saturated heterocycles. The van der Waals surface area contributed by atoms with E-state index in [1.54, 1.807) is 32.3 Å². The second-order valence-corrected chi connectivity index (χ2v) is 5.82. The van der Waals surface area contributed by atoms with Gasteiger partial charge in [-0.05, 0) is 19.1 Å². The van der Waals surface area contributed by atoms with Crippen molar-refractivity contribution >= 4 is 34.6 Å². The molecule has 2 heterocycles. The number of rotatable bonds is 5. The van der Waals surface area contributed by atoms with Gasteiger partial charge in [-0.1, -0.05) is 29.4 Å². The summed E-state index contributed by atoms with van der Waals surface area (Å²) >= 11 is 0. The number of likely N-dealkylation sites (N-methyl/N-ethyl adjacent to an activating group) is 1. The molecule has 0 bridgehead atoms. The first-order valence-electron chi connectivity index (χ1n) is 8.03. The minimum absolute atomic E-state index is 0.0944. The molecule has 0 aliphatic heterocycles. The van der Waals surface area contributed by atoms with Crippen LogP contribution in [-0.4, -0.2) is 40.4 Å². The monoisotopic (exact) mass is 350 g/mol. The summed E-state index contributed by atoms with van der Waals surface area (Å²) in [5.41, 5.74) is 1.66. The van der Waals surface area contributed by atoms with Gasteiger partial charge in [0.1, 0.15) is 5.76 Å². The summed E-state index contributed by atoms with van der Waals surface area (Å²) in [5.74, 6) is 0.279. The maximum absolute atomic E-state index is 12.2. The van der Waals surface area contributed by atoms with Gasteiger partial charge in [-0.15, -0.1) is 0 Å². The molecule has 3 rings (SSSR count). The molecule has 7 heteroatoms. The quantitative estimate of drug-likeness (QED) is 0.715. The number of fused-ring (bicyclic) bond motifs is 1. The van der Waals surface area contributed by atoms with E-state index in [1.165, 1.54) is 11.0 Å². The number of nitrogens with one attached hydrogen (secondary N) is 1. The number of aromatic nitrogens is 2. The maximum atomic E-state index is 12.2. The molecule has 2 amide bonds. The summed E-state index contributed by atoms with van der Waals surface area (Å²) in [5, 5.41) is 7.25. The van der Waals surface area contributed by atoms with E-state index in [9.17, 15) is 9.59 Å². The minimum Gasteiger partial charge on any atom is -0.360 e. The number of carbonyl (C=O) groups is 2. The predicted molar refractivity (Wildman–Crippen MR) is 98.3 cm³/mol. The highest BCUT2D eigenvalue weighted by Gasteiger charge is 2.12. The first-order valence-corrected chi connectivity index (χ1v) is 8.03. The van der Waals surface area contributed by atoms with E-state index in [-0.39, 0.29) is 18.4 Å². The Morgan fingerprint density at radius 1 is 1.27 bits per heavy atom. The van der Waals surface area contributed by atoms with Crippen molar-refractivity contribution in [3.05, 3.63) is 60.0 Å². The normalized spacial score (nSPS) is 11.0. The third kappa shape index (κ3) is 4.13. The van der Waals surface area contributed by atoms with Gasteiger partial charge < -0.3 is 14.7 Å². The molecule has 132 valence electrons. The molecule has 0 saturated carbocycles. The number of amides is 2. The van der Waals surface area contributed by atoms with Crippen LogP contribution >= 0.6 is 0 Å². The Bertz CT molecular complexity index is 972. The van der Waals surface area contributed by atoms with Crippen LogP contribution in [0.25, 0.3) is 17.0 Å². The average molecular weight is 350 g/mol. The lowest BCUT2D eigenvalue weighted by Crippen LogP contribution is -2.33. The molecule has 2 aromatic heterocycles. The largest absolute Gasteiger partial charge is 0.360 e. The number of aryl methyl sites for hydroxylation is 1. The fourth-order valence-corrected chi connectivity index (χ4v) is 2.45. The minimum atomic E-state index is -0.352. The maximum Gasteiger partial charge on any atom is 0.246 e. The number of benzene rings is 1. The van der Waals surface area contributed by atoms with Crippen molar-refractivity contribution in [3.63, 3.8) is 0 Å². The number of hydrogen-bond donors (Lipinski definition) is 1. The molecule has 0 spiro atoms. The van der Waals surface area contributed by atoms with Crippen molar-refractivity contribution in [1.82, 2.24) is 15.0 Å². The summed E-state index contributed by atoms with van der Waals surface area (Å²) < 4.78 is 4.88. The molecule has 0 atom stereocenters. The van der Waals surface area contributed by atoms with Crippen LogP contribution in [-0.2, 0) is 9.59 Å². The molecule has 0 unspecified atom stereocenters. The second-order valence-electron chi connectivity index (χ2n) is 5.82. The number of hydrogen-bond acceptors (Lipinski definition) is 5. The number of pyridine rings is 1. The Kier molecular flexibility index (Phi) is 5.07. The van der Waals surface area contributed by atoms with Crippen molar-refractivity contribution in [2.24, 2.45) is 0 Å². The molecule has 1 aromatic carbocycles. The number of para-hydroxylation sites is 1. The molecule has 1 N–H and O–H groups in total. The molecule has 0 aliphatic carbocycles. The zero-order valence-electron chi connectivity index (χ0n) is 14.5. The fourth-order valence-electron chi connectivity index (χ4n) is 2.45. The van der Waals surface area contributed by atoms with E-state index in [2.05, 4.69) is 15.5 Å². The molecular weight excluding hydrogens is 332 g/mol. The third-order valence-electron chi connectivity index (χ3n) is 3.72. The topological polar surface area (TPSA) is 88.3 Å². The SMILES string of the molecule is Cc1cc(NC(=O)CN(C)C(=O)/C=C/c2cccc3cccnc23)no1. The van der Waals surface area contributed by atoms with Gasteiger partial charge in [0.15, 0.2) is 5.82 Å². The van der Waals surface area contributed by atoms with E-state index < -0.39 is 0 Å². The lowest BCUT2D eigenvalue weighted by atomic mass is 10.1. The Balaban J connectivity index is 1.63. The van der Waals surface area contributed by atoms with Crippen molar-refractivity contribution in [2.45, 2.75) is 6.92 Å². The molecule has 0 radical (unpaired) electrons. The first kappa shape index (κ1) is 17.3. The number of carbonyl (C=O) groups excluding carboxylic acids is 2. The third-order valence-corrected chi connectivity index (χ3v) is 3.72. The lowest BCUT2D eigenvalue weighted by Gasteiger charge is -2.14. The summed E-state index contributed by atoms with van der Waals surface area (Å²) in [6, 6.07) is 11.2. The van der Waals surface area contributed by atoms with Crippen LogP contribution in [0.5, 0.6) is 0 Å². The highest BCUT2D eigenvalue weighted by Crippen LogP contribution is 2.17. The van der Waals surface area contributed by atoms with Crippen molar-refractivity contribution in [1.29, 1.82) is 0 Å². The van der Waals surface area contributed by atoms with Crippen LogP contribution in [0, 0.1) is 6.92 Å². The van der Waals surface area contributed by atoms with Crippen LogP contribution in [0.4, 0.5) is 5.82 Å². The van der Waals surface area contributed by atoms with E-state index >= 15 is 0 Å². The number of anilines is 1. The summed E-state index contributed by atoms with van der Waals surface area (Å²) in [6.07, 6.45) is 4.84. The first-order chi connectivity index (χ1) is 12.5. The van der Waals surface area contributed by atoms with Gasteiger partial charge in [0.25, 0.3) is 0 Å². The molecule has 0 aliphatic rings. The average Bonchev–Trinajstić information content (AvgIpc) is 3.04. The van der Waals surface area contributed by atoms with Crippen molar-refractivity contribution in [3.8, 4) is 0 Å². The highest BCUT2D eigenvalue weighted by atomic mass is 16.5. The second kappa shape index (κ2) is 7.60. The standard InChI is InChI=1S/C19H18N4O3/c1-13-11-16(22-26-13)21-17(24)12-23(2)18(25)9-8-15-6-3-5-14-7-4-10-20-19(14)15/h3-11H,12H2,1-2H3,(H,21,22,24)/b9-8+. The summed E-state index contributed by atoms with van der Waals surface area (Å²) in [7, 11) is 1.56. The fraction of sp³-hybridized carbons (Fsp3) is 0.158. The van der Waals surface area contributed by atoms with Crippen molar-refractivity contribution in [2.75, 3.05) is 18.9 Å². The Hall–Kier alpha value is -3.48.